The van der Waals surface area contributed by atoms with Gasteiger partial charge in [0.25, 0.3) is 0 Å². The largest absolute Gasteiger partial charge is 0.324 e. The predicted molar refractivity (Wildman–Crippen MR) is 112 cm³/mol. The van der Waals surface area contributed by atoms with Crippen molar-refractivity contribution in [3.63, 3.8) is 0 Å². The van der Waals surface area contributed by atoms with Crippen LogP contribution in [0.25, 0.3) is 0 Å². The Morgan fingerprint density at radius 2 is 1.68 bits per heavy atom. The Morgan fingerprint density at radius 1 is 1.00 bits per heavy atom. The van der Waals surface area contributed by atoms with Gasteiger partial charge in [0.05, 0.1) is 5.88 Å². The van der Waals surface area contributed by atoms with Gasteiger partial charge in [-0.15, -0.1) is 11.8 Å². The third-order valence-corrected chi connectivity index (χ3v) is 5.53. The molecule has 0 bridgehead atoms. The number of hydrogen-bond acceptors (Lipinski definition) is 4. The van der Waals surface area contributed by atoms with E-state index < -0.39 is 11.5 Å². The lowest BCUT2D eigenvalue weighted by Crippen LogP contribution is -2.48. The van der Waals surface area contributed by atoms with Gasteiger partial charge >= 0.3 is 0 Å². The molecule has 0 radical (unpaired) electrons. The number of carbonyl (C=O) groups is 3. The van der Waals surface area contributed by atoms with Gasteiger partial charge in [-0.3, -0.25) is 14.4 Å². The summed E-state index contributed by atoms with van der Waals surface area (Å²) in [4.78, 5) is 39.7. The zero-order valence-corrected chi connectivity index (χ0v) is 17.1. The van der Waals surface area contributed by atoms with E-state index >= 15 is 0 Å². The number of thioether (sulfide) groups is 1. The first kappa shape index (κ1) is 20.1. The minimum absolute atomic E-state index is 0.0364. The number of anilines is 1. The lowest BCUT2D eigenvalue weighted by molar-refractivity contribution is -0.143. The van der Waals surface area contributed by atoms with Gasteiger partial charge in [0.15, 0.2) is 5.78 Å². The molecule has 1 heterocycles. The van der Waals surface area contributed by atoms with Gasteiger partial charge in [0, 0.05) is 28.0 Å². The molecule has 1 aliphatic rings. The van der Waals surface area contributed by atoms with Crippen LogP contribution in [0, 0.1) is 5.41 Å². The van der Waals surface area contributed by atoms with Crippen LogP contribution >= 0.6 is 11.8 Å². The van der Waals surface area contributed by atoms with E-state index in [0.717, 1.165) is 0 Å². The van der Waals surface area contributed by atoms with Crippen molar-refractivity contribution in [2.75, 3.05) is 16.9 Å². The highest BCUT2D eigenvalue weighted by Gasteiger charge is 2.39. The number of benzene rings is 2. The zero-order valence-electron chi connectivity index (χ0n) is 16.3. The highest BCUT2D eigenvalue weighted by molar-refractivity contribution is 7.99. The molecule has 5 nitrogen and oxygen atoms in total. The second kappa shape index (κ2) is 8.19. The van der Waals surface area contributed by atoms with Crippen LogP contribution in [0.1, 0.15) is 36.7 Å². The van der Waals surface area contributed by atoms with Gasteiger partial charge in [-0.25, -0.2) is 0 Å². The van der Waals surface area contributed by atoms with Crippen LogP contribution < -0.4 is 5.32 Å². The molecule has 1 unspecified atom stereocenters. The van der Waals surface area contributed by atoms with Crippen molar-refractivity contribution < 1.29 is 14.4 Å². The molecular formula is C22H24N2O3S. The van der Waals surface area contributed by atoms with Crippen LogP contribution in [0.4, 0.5) is 5.69 Å². The van der Waals surface area contributed by atoms with E-state index in [1.807, 2.05) is 39.0 Å². The summed E-state index contributed by atoms with van der Waals surface area (Å²) in [6.45, 7) is 5.56. The van der Waals surface area contributed by atoms with E-state index in [-0.39, 0.29) is 17.6 Å². The zero-order chi connectivity index (χ0) is 20.3. The van der Waals surface area contributed by atoms with Crippen molar-refractivity contribution >= 4 is 35.0 Å². The molecule has 2 amide bonds. The number of rotatable bonds is 4. The number of nitrogens with zero attached hydrogens (tertiary/aromatic N) is 1. The highest BCUT2D eigenvalue weighted by atomic mass is 32.2. The van der Waals surface area contributed by atoms with E-state index in [1.165, 1.54) is 0 Å². The summed E-state index contributed by atoms with van der Waals surface area (Å²) in [6, 6.07) is 15.4. The first-order chi connectivity index (χ1) is 13.3. The van der Waals surface area contributed by atoms with Crippen molar-refractivity contribution in [2.24, 2.45) is 5.41 Å². The first-order valence-electron chi connectivity index (χ1n) is 9.17. The van der Waals surface area contributed by atoms with Crippen molar-refractivity contribution in [2.45, 2.75) is 26.8 Å². The number of ketones is 1. The number of amides is 2. The lowest BCUT2D eigenvalue weighted by atomic mass is 9.94. The van der Waals surface area contributed by atoms with Crippen LogP contribution in [-0.4, -0.2) is 40.2 Å². The van der Waals surface area contributed by atoms with E-state index in [2.05, 4.69) is 5.32 Å². The van der Waals surface area contributed by atoms with Crippen LogP contribution in [0.2, 0.25) is 0 Å². The maximum Gasteiger partial charge on any atom is 0.248 e. The molecule has 1 N–H and O–H groups in total. The fourth-order valence-electron chi connectivity index (χ4n) is 3.01. The highest BCUT2D eigenvalue weighted by Crippen LogP contribution is 2.28. The third kappa shape index (κ3) is 4.44. The quantitative estimate of drug-likeness (QED) is 0.798. The summed E-state index contributed by atoms with van der Waals surface area (Å²) >= 11 is 1.57. The van der Waals surface area contributed by atoms with Crippen LogP contribution in [0.5, 0.6) is 0 Å². The summed E-state index contributed by atoms with van der Waals surface area (Å²) < 4.78 is 0. The Bertz CT molecular complexity index is 890. The average Bonchev–Trinajstić information content (AvgIpc) is 3.16. The normalized spacial score (nSPS) is 16.7. The molecule has 0 saturated carbocycles. The van der Waals surface area contributed by atoms with Crippen molar-refractivity contribution in [3.8, 4) is 0 Å². The van der Waals surface area contributed by atoms with Gasteiger partial charge in [-0.2, -0.15) is 0 Å². The maximum absolute atomic E-state index is 12.8. The maximum atomic E-state index is 12.8. The molecule has 0 aliphatic carbocycles. The Balaban J connectivity index is 1.74. The van der Waals surface area contributed by atoms with E-state index in [4.69, 9.17) is 0 Å². The van der Waals surface area contributed by atoms with Gasteiger partial charge < -0.3 is 10.2 Å². The molecule has 2 aromatic carbocycles. The van der Waals surface area contributed by atoms with E-state index in [0.29, 0.717) is 28.4 Å². The fraction of sp³-hybridized carbons (Fsp3) is 0.318. The van der Waals surface area contributed by atoms with E-state index in [9.17, 15) is 14.4 Å². The monoisotopic (exact) mass is 396 g/mol. The molecule has 1 atom stereocenters. The molecule has 28 heavy (non-hydrogen) atoms. The van der Waals surface area contributed by atoms with Gasteiger partial charge in [-0.05, 0) is 12.1 Å². The predicted octanol–water partition coefficient (Wildman–Crippen LogP) is 3.80. The van der Waals surface area contributed by atoms with Crippen molar-refractivity contribution in [1.82, 2.24) is 4.90 Å². The number of nitrogens with one attached hydrogen (secondary N) is 1. The van der Waals surface area contributed by atoms with Crippen LogP contribution in [-0.2, 0) is 9.59 Å². The lowest BCUT2D eigenvalue weighted by Gasteiger charge is -2.29. The first-order valence-corrected chi connectivity index (χ1v) is 10.3. The molecule has 1 saturated heterocycles. The average molecular weight is 397 g/mol. The molecule has 0 aromatic heterocycles. The van der Waals surface area contributed by atoms with E-state index in [1.54, 1.807) is 53.1 Å². The molecule has 2 aromatic rings. The topological polar surface area (TPSA) is 66.5 Å². The Morgan fingerprint density at radius 3 is 2.36 bits per heavy atom. The summed E-state index contributed by atoms with van der Waals surface area (Å²) in [5, 5.41) is 2.87. The molecule has 146 valence electrons. The Hall–Kier alpha value is -2.60. The second-order valence-corrected chi connectivity index (χ2v) is 8.81. The summed E-state index contributed by atoms with van der Waals surface area (Å²) in [5.41, 5.74) is 1.12. The second-order valence-electron chi connectivity index (χ2n) is 7.81. The standard InChI is InChI=1S/C22H24N2O3S/c1-22(2,3)21(27)24-14-28-13-18(24)20(26)23-17-11-7-10-16(12-17)19(25)15-8-5-4-6-9-15/h4-12,18H,13-14H2,1-3H3,(H,23,26). The SMILES string of the molecule is CC(C)(C)C(=O)N1CSCC1C(=O)Nc1cccc(C(=O)c2ccccc2)c1. The Kier molecular flexibility index (Phi) is 5.89. The summed E-state index contributed by atoms with van der Waals surface area (Å²) in [7, 11) is 0. The van der Waals surface area contributed by atoms with Gasteiger partial charge in [0.2, 0.25) is 11.8 Å². The minimum Gasteiger partial charge on any atom is -0.324 e. The van der Waals surface area contributed by atoms with Gasteiger partial charge in [0.1, 0.15) is 6.04 Å². The molecular weight excluding hydrogens is 372 g/mol. The van der Waals surface area contributed by atoms with Gasteiger partial charge in [-0.1, -0.05) is 63.2 Å². The van der Waals surface area contributed by atoms with Crippen molar-refractivity contribution in [1.29, 1.82) is 0 Å². The smallest absolute Gasteiger partial charge is 0.248 e. The molecule has 3 rings (SSSR count). The fourth-order valence-corrected chi connectivity index (χ4v) is 4.16. The number of carbonyl (C=O) groups excluding carboxylic acids is 3. The summed E-state index contributed by atoms with van der Waals surface area (Å²) in [5.74, 6) is 0.715. The minimum atomic E-state index is -0.536. The summed E-state index contributed by atoms with van der Waals surface area (Å²) in [6.07, 6.45) is 0. The molecule has 6 heteroatoms. The number of hydrogen-bond donors (Lipinski definition) is 1. The van der Waals surface area contributed by atoms with Crippen LogP contribution in [0.15, 0.2) is 54.6 Å². The third-order valence-electron chi connectivity index (χ3n) is 4.52. The van der Waals surface area contributed by atoms with Crippen molar-refractivity contribution in [3.05, 3.63) is 65.7 Å². The molecule has 1 aliphatic heterocycles. The molecule has 1 fully saturated rings. The molecule has 0 spiro atoms. The Labute approximate surface area is 169 Å². The van der Waals surface area contributed by atoms with Crippen LogP contribution in [0.3, 0.4) is 0 Å².